The maximum atomic E-state index is 14.8. The molecule has 1 aliphatic heterocycles. The summed E-state index contributed by atoms with van der Waals surface area (Å²) in [5.41, 5.74) is 0.421. The number of ether oxygens (including phenoxy) is 1. The van der Waals surface area contributed by atoms with Crippen LogP contribution in [0.15, 0.2) is 29.1 Å². The molecule has 2 aromatic heterocycles. The van der Waals surface area contributed by atoms with Gasteiger partial charge in [0.1, 0.15) is 28.7 Å². The molecule has 1 fully saturated rings. The number of aryl methyl sites for hydroxylation is 1. The highest BCUT2D eigenvalue weighted by molar-refractivity contribution is 6.30. The first-order valence-corrected chi connectivity index (χ1v) is 9.77. The number of morpholine rings is 1. The van der Waals surface area contributed by atoms with E-state index in [1.807, 2.05) is 13.8 Å². The van der Waals surface area contributed by atoms with E-state index in [4.69, 9.17) is 21.3 Å². The number of anilines is 1. The molecule has 8 heteroatoms. The lowest BCUT2D eigenvalue weighted by Gasteiger charge is -2.39. The molecule has 0 spiro atoms. The summed E-state index contributed by atoms with van der Waals surface area (Å²) in [6.07, 6.45) is 0. The monoisotopic (exact) mass is 416 g/mol. The lowest BCUT2D eigenvalue weighted by molar-refractivity contribution is -0.0279. The highest BCUT2D eigenvalue weighted by atomic mass is 35.5. The summed E-state index contributed by atoms with van der Waals surface area (Å²) in [4.78, 5) is 24.3. The van der Waals surface area contributed by atoms with Gasteiger partial charge >= 0.3 is 0 Å². The largest absolute Gasteiger partial charge is 0.372 e. The smallest absolute Gasteiger partial charge is 0.261 e. The van der Waals surface area contributed by atoms with Crippen molar-refractivity contribution in [1.29, 1.82) is 0 Å². The number of aromatic nitrogens is 3. The van der Waals surface area contributed by atoms with E-state index in [9.17, 15) is 9.18 Å². The van der Waals surface area contributed by atoms with Crippen LogP contribution in [0.2, 0.25) is 5.02 Å². The van der Waals surface area contributed by atoms with E-state index in [0.29, 0.717) is 53.0 Å². The van der Waals surface area contributed by atoms with Gasteiger partial charge in [-0.3, -0.25) is 9.36 Å². The molecule has 1 aliphatic rings. The Labute approximate surface area is 172 Å². The fourth-order valence-electron chi connectivity index (χ4n) is 3.61. The molecule has 29 heavy (non-hydrogen) atoms. The third-order valence-corrected chi connectivity index (χ3v) is 5.44. The molecule has 0 saturated carbocycles. The first kappa shape index (κ1) is 19.8. The van der Waals surface area contributed by atoms with Crippen LogP contribution in [0.25, 0.3) is 22.2 Å². The van der Waals surface area contributed by atoms with Crippen molar-refractivity contribution in [2.24, 2.45) is 7.05 Å². The zero-order valence-corrected chi connectivity index (χ0v) is 17.5. The van der Waals surface area contributed by atoms with Crippen LogP contribution in [0.3, 0.4) is 0 Å². The SMILES string of the molecule is Cc1nc2c(-c3ccc(Cl)cc3F)nc(N3CCOC(C)(C)C3)cc2c(=O)n1C. The average molecular weight is 417 g/mol. The van der Waals surface area contributed by atoms with Crippen molar-refractivity contribution in [3.05, 3.63) is 51.3 Å². The van der Waals surface area contributed by atoms with E-state index in [2.05, 4.69) is 9.88 Å². The number of benzene rings is 1. The molecule has 1 aromatic carbocycles. The lowest BCUT2D eigenvalue weighted by atomic mass is 10.1. The minimum absolute atomic E-state index is 0.195. The summed E-state index contributed by atoms with van der Waals surface area (Å²) >= 11 is 5.93. The molecule has 6 nitrogen and oxygen atoms in total. The Morgan fingerprint density at radius 1 is 1.24 bits per heavy atom. The molecule has 0 amide bonds. The van der Waals surface area contributed by atoms with Crippen LogP contribution in [0.1, 0.15) is 19.7 Å². The second-order valence-electron chi connectivity index (χ2n) is 7.90. The van der Waals surface area contributed by atoms with Crippen LogP contribution in [-0.4, -0.2) is 39.8 Å². The topological polar surface area (TPSA) is 60.2 Å². The molecule has 3 heterocycles. The van der Waals surface area contributed by atoms with Crippen molar-refractivity contribution in [1.82, 2.24) is 14.5 Å². The fourth-order valence-corrected chi connectivity index (χ4v) is 3.77. The lowest BCUT2D eigenvalue weighted by Crippen LogP contribution is -2.48. The highest BCUT2D eigenvalue weighted by Crippen LogP contribution is 2.32. The zero-order valence-electron chi connectivity index (χ0n) is 16.8. The Morgan fingerprint density at radius 2 is 2.00 bits per heavy atom. The molecule has 0 unspecified atom stereocenters. The molecule has 4 rings (SSSR count). The van der Waals surface area contributed by atoms with Gasteiger partial charge in [-0.15, -0.1) is 0 Å². The van der Waals surface area contributed by atoms with Gasteiger partial charge in [-0.1, -0.05) is 11.6 Å². The second-order valence-corrected chi connectivity index (χ2v) is 8.34. The number of rotatable bonds is 2. The normalized spacial score (nSPS) is 16.4. The van der Waals surface area contributed by atoms with Gasteiger partial charge in [-0.25, -0.2) is 14.4 Å². The second kappa shape index (κ2) is 7.07. The van der Waals surface area contributed by atoms with E-state index in [1.54, 1.807) is 32.2 Å². The van der Waals surface area contributed by atoms with E-state index >= 15 is 0 Å². The standard InChI is InChI=1S/C21H22ClFN4O2/c1-12-24-19-15(20(28)26(12)4)10-17(27-7-8-29-21(2,3)11-27)25-18(19)14-6-5-13(22)9-16(14)23/h5-6,9-10H,7-8,11H2,1-4H3. The van der Waals surface area contributed by atoms with E-state index in [0.717, 1.165) is 0 Å². The Hall–Kier alpha value is -2.51. The van der Waals surface area contributed by atoms with Gasteiger partial charge in [0.15, 0.2) is 0 Å². The Kier molecular flexibility index (Phi) is 4.83. The first-order valence-electron chi connectivity index (χ1n) is 9.39. The van der Waals surface area contributed by atoms with Crippen molar-refractivity contribution in [3.8, 4) is 11.3 Å². The summed E-state index contributed by atoms with van der Waals surface area (Å²) in [7, 11) is 1.67. The average Bonchev–Trinajstić information content (AvgIpc) is 2.65. The molecular weight excluding hydrogens is 395 g/mol. The molecule has 1 saturated heterocycles. The molecule has 0 atom stereocenters. The number of pyridine rings is 1. The quantitative estimate of drug-likeness (QED) is 0.637. The number of fused-ring (bicyclic) bond motifs is 1. The summed E-state index contributed by atoms with van der Waals surface area (Å²) in [5, 5.41) is 0.693. The maximum absolute atomic E-state index is 14.8. The molecule has 0 N–H and O–H groups in total. The third kappa shape index (κ3) is 3.60. The van der Waals surface area contributed by atoms with E-state index in [-0.39, 0.29) is 16.7 Å². The number of halogens is 2. The molecule has 0 aliphatic carbocycles. The summed E-state index contributed by atoms with van der Waals surface area (Å²) in [6, 6.07) is 6.15. The van der Waals surface area contributed by atoms with Gasteiger partial charge in [0, 0.05) is 30.7 Å². The molecular formula is C21H22ClFN4O2. The van der Waals surface area contributed by atoms with Gasteiger partial charge in [0.05, 0.1) is 17.6 Å². The zero-order chi connectivity index (χ0) is 20.9. The number of hydrogen-bond acceptors (Lipinski definition) is 5. The van der Waals surface area contributed by atoms with Crippen LogP contribution in [0, 0.1) is 12.7 Å². The molecule has 0 bridgehead atoms. The fraction of sp³-hybridized carbons (Fsp3) is 0.381. The molecule has 3 aromatic rings. The predicted molar refractivity (Wildman–Crippen MR) is 112 cm³/mol. The number of hydrogen-bond donors (Lipinski definition) is 0. The van der Waals surface area contributed by atoms with Crippen LogP contribution in [0.5, 0.6) is 0 Å². The van der Waals surface area contributed by atoms with E-state index < -0.39 is 5.82 Å². The summed E-state index contributed by atoms with van der Waals surface area (Å²) in [5.74, 6) is 0.618. The predicted octanol–water partition coefficient (Wildman–Crippen LogP) is 3.71. The Morgan fingerprint density at radius 3 is 2.69 bits per heavy atom. The third-order valence-electron chi connectivity index (χ3n) is 5.21. The molecule has 0 radical (unpaired) electrons. The summed E-state index contributed by atoms with van der Waals surface area (Å²) in [6.45, 7) is 7.52. The van der Waals surface area contributed by atoms with Gasteiger partial charge in [0.25, 0.3) is 5.56 Å². The van der Waals surface area contributed by atoms with Crippen molar-refractivity contribution < 1.29 is 9.13 Å². The van der Waals surface area contributed by atoms with Crippen molar-refractivity contribution in [2.75, 3.05) is 24.6 Å². The molecule has 152 valence electrons. The van der Waals surface area contributed by atoms with Crippen LogP contribution in [-0.2, 0) is 11.8 Å². The van der Waals surface area contributed by atoms with Gasteiger partial charge in [0.2, 0.25) is 0 Å². The Balaban J connectivity index is 2.01. The Bertz CT molecular complexity index is 1180. The van der Waals surface area contributed by atoms with Gasteiger partial charge in [-0.2, -0.15) is 0 Å². The van der Waals surface area contributed by atoms with Crippen molar-refractivity contribution >= 4 is 28.3 Å². The van der Waals surface area contributed by atoms with Crippen molar-refractivity contribution in [3.63, 3.8) is 0 Å². The van der Waals surface area contributed by atoms with Crippen LogP contribution >= 0.6 is 11.6 Å². The minimum atomic E-state index is -0.508. The highest BCUT2D eigenvalue weighted by Gasteiger charge is 2.29. The van der Waals surface area contributed by atoms with Gasteiger partial charge < -0.3 is 9.64 Å². The maximum Gasteiger partial charge on any atom is 0.261 e. The van der Waals surface area contributed by atoms with Crippen LogP contribution < -0.4 is 10.5 Å². The van der Waals surface area contributed by atoms with Gasteiger partial charge in [-0.05, 0) is 45.0 Å². The van der Waals surface area contributed by atoms with E-state index in [1.165, 1.54) is 10.6 Å². The first-order chi connectivity index (χ1) is 13.7. The van der Waals surface area contributed by atoms with Crippen LogP contribution in [0.4, 0.5) is 10.2 Å². The minimum Gasteiger partial charge on any atom is -0.372 e. The summed E-state index contributed by atoms with van der Waals surface area (Å²) < 4.78 is 22.0. The van der Waals surface area contributed by atoms with Crippen molar-refractivity contribution in [2.45, 2.75) is 26.4 Å². The number of nitrogens with zero attached hydrogens (tertiary/aromatic N) is 4.